The standard InChI is InChI=1S/C33H26F10O/c1-2-3-4-5-19-6-9-21(26(34)14-19)10-7-20-8-13-25(28(36)15-20)33(42,43)44-23-11-12-24(27(35)18-23)22-16-29(37)31(30(38)17-22)32(39,40)41/h6,8-9,11,13-18,24,29,31H,2-5,12H2,1H3. The van der Waals surface area contributed by atoms with Crippen LogP contribution in [0.1, 0.15) is 54.9 Å². The van der Waals surface area contributed by atoms with Gasteiger partial charge in [0.15, 0.2) is 0 Å². The normalized spacial score (nSPS) is 20.6. The van der Waals surface area contributed by atoms with Crippen LogP contribution in [0.25, 0.3) is 0 Å². The van der Waals surface area contributed by atoms with E-state index in [9.17, 15) is 43.9 Å². The number of unbranched alkanes of at least 4 members (excludes halogenated alkanes) is 2. The highest BCUT2D eigenvalue weighted by molar-refractivity contribution is 5.46. The summed E-state index contributed by atoms with van der Waals surface area (Å²) in [6.07, 6.45) is -6.88. The van der Waals surface area contributed by atoms with Crippen LogP contribution in [0, 0.1) is 35.3 Å². The van der Waals surface area contributed by atoms with E-state index >= 15 is 0 Å². The molecule has 0 bridgehead atoms. The molecule has 2 aromatic rings. The van der Waals surface area contributed by atoms with Gasteiger partial charge >= 0.3 is 12.3 Å². The Morgan fingerprint density at radius 2 is 1.61 bits per heavy atom. The molecular weight excluding hydrogens is 602 g/mol. The highest BCUT2D eigenvalue weighted by atomic mass is 19.4. The Kier molecular flexibility index (Phi) is 10.0. The van der Waals surface area contributed by atoms with Crippen molar-refractivity contribution in [2.24, 2.45) is 11.8 Å². The average molecular weight is 629 g/mol. The number of hydrogen-bond donors (Lipinski definition) is 0. The number of hydrogen-bond acceptors (Lipinski definition) is 1. The number of benzene rings is 2. The lowest BCUT2D eigenvalue weighted by Crippen LogP contribution is -2.33. The lowest BCUT2D eigenvalue weighted by atomic mass is 9.83. The van der Waals surface area contributed by atoms with Gasteiger partial charge in [-0.1, -0.05) is 37.7 Å². The van der Waals surface area contributed by atoms with Crippen molar-refractivity contribution in [3.8, 4) is 11.8 Å². The smallest absolute Gasteiger partial charge is 0.429 e. The van der Waals surface area contributed by atoms with Crippen molar-refractivity contribution in [3.63, 3.8) is 0 Å². The van der Waals surface area contributed by atoms with Crippen molar-refractivity contribution < 1.29 is 48.6 Å². The van der Waals surface area contributed by atoms with Crippen molar-refractivity contribution in [3.05, 3.63) is 118 Å². The first-order chi connectivity index (χ1) is 20.7. The molecule has 4 rings (SSSR count). The van der Waals surface area contributed by atoms with Gasteiger partial charge in [-0.05, 0) is 79.0 Å². The third kappa shape index (κ3) is 7.76. The third-order valence-electron chi connectivity index (χ3n) is 7.17. The lowest BCUT2D eigenvalue weighted by Gasteiger charge is -2.28. The second-order valence-electron chi connectivity index (χ2n) is 10.4. The number of alkyl halides is 6. The van der Waals surface area contributed by atoms with Crippen LogP contribution in [0.3, 0.4) is 0 Å². The molecule has 0 saturated heterocycles. The summed E-state index contributed by atoms with van der Waals surface area (Å²) in [4.78, 5) is 0. The van der Waals surface area contributed by atoms with E-state index in [1.807, 2.05) is 0 Å². The van der Waals surface area contributed by atoms with Gasteiger partial charge < -0.3 is 4.74 Å². The molecule has 3 unspecified atom stereocenters. The number of rotatable bonds is 8. The van der Waals surface area contributed by atoms with Crippen molar-refractivity contribution in [1.29, 1.82) is 0 Å². The Bertz CT molecular complexity index is 1570. The first-order valence-electron chi connectivity index (χ1n) is 13.7. The summed E-state index contributed by atoms with van der Waals surface area (Å²) in [5.74, 6) is -5.13. The molecule has 0 N–H and O–H groups in total. The van der Waals surface area contributed by atoms with E-state index in [1.165, 1.54) is 12.1 Å². The van der Waals surface area contributed by atoms with E-state index in [0.29, 0.717) is 36.8 Å². The number of aryl methyl sites for hydroxylation is 1. The molecule has 0 aromatic heterocycles. The van der Waals surface area contributed by atoms with Gasteiger partial charge in [0.2, 0.25) is 0 Å². The van der Waals surface area contributed by atoms with Gasteiger partial charge in [0.05, 0.1) is 5.56 Å². The van der Waals surface area contributed by atoms with Crippen LogP contribution in [0.5, 0.6) is 0 Å². The van der Waals surface area contributed by atoms with Gasteiger partial charge in [-0.15, -0.1) is 0 Å². The summed E-state index contributed by atoms with van der Waals surface area (Å²) in [7, 11) is 0. The molecule has 2 aromatic carbocycles. The monoisotopic (exact) mass is 628 g/mol. The zero-order valence-electron chi connectivity index (χ0n) is 23.2. The number of halogens is 10. The maximum atomic E-state index is 14.9. The molecule has 2 aliphatic rings. The van der Waals surface area contributed by atoms with Crippen LogP contribution in [0.4, 0.5) is 43.9 Å². The van der Waals surface area contributed by atoms with E-state index < -0.39 is 76.9 Å². The predicted molar refractivity (Wildman–Crippen MR) is 144 cm³/mol. The number of allylic oxidation sites excluding steroid dienone is 7. The molecule has 11 heteroatoms. The molecule has 0 aliphatic heterocycles. The fraction of sp³-hybridized carbons (Fsp3) is 0.333. The maximum absolute atomic E-state index is 14.9. The van der Waals surface area contributed by atoms with Crippen LogP contribution in [-0.4, -0.2) is 12.3 Å². The van der Waals surface area contributed by atoms with E-state index in [0.717, 1.165) is 37.0 Å². The molecule has 0 radical (unpaired) electrons. The minimum Gasteiger partial charge on any atom is -0.429 e. The molecule has 0 spiro atoms. The molecule has 2 aliphatic carbocycles. The summed E-state index contributed by atoms with van der Waals surface area (Å²) >= 11 is 0. The second kappa shape index (κ2) is 13.4. The van der Waals surface area contributed by atoms with Gasteiger partial charge in [-0.3, -0.25) is 0 Å². The molecule has 234 valence electrons. The topological polar surface area (TPSA) is 9.23 Å². The third-order valence-corrected chi connectivity index (χ3v) is 7.17. The average Bonchev–Trinajstić information content (AvgIpc) is 2.91. The fourth-order valence-corrected chi connectivity index (χ4v) is 4.86. The molecule has 0 fully saturated rings. The molecule has 0 heterocycles. The molecular formula is C33H26F10O. The Labute approximate surface area is 247 Å². The summed E-state index contributed by atoms with van der Waals surface area (Å²) in [6.45, 7) is 2.05. The molecule has 0 saturated carbocycles. The van der Waals surface area contributed by atoms with Gasteiger partial charge in [0.25, 0.3) is 0 Å². The first kappa shape index (κ1) is 33.0. The van der Waals surface area contributed by atoms with Crippen LogP contribution in [-0.2, 0) is 17.3 Å². The Balaban J connectivity index is 1.44. The summed E-state index contributed by atoms with van der Waals surface area (Å²) < 4.78 is 145. The van der Waals surface area contributed by atoms with Gasteiger partial charge in [0.1, 0.15) is 46.7 Å². The Hall–Kier alpha value is -3.94. The minimum absolute atomic E-state index is 0.0286. The van der Waals surface area contributed by atoms with Gasteiger partial charge in [0, 0.05) is 17.6 Å². The maximum Gasteiger partial charge on any atom is 0.429 e. The summed E-state index contributed by atoms with van der Waals surface area (Å²) in [6, 6.07) is 7.06. The molecule has 0 amide bonds. The van der Waals surface area contributed by atoms with Crippen molar-refractivity contribution in [2.45, 2.75) is 57.5 Å². The van der Waals surface area contributed by atoms with Gasteiger partial charge in [-0.25, -0.2) is 22.0 Å². The summed E-state index contributed by atoms with van der Waals surface area (Å²) in [5.41, 5.74) is -0.818. The highest BCUT2D eigenvalue weighted by Gasteiger charge is 2.49. The van der Waals surface area contributed by atoms with E-state index in [4.69, 9.17) is 0 Å². The highest BCUT2D eigenvalue weighted by Crippen LogP contribution is 2.44. The van der Waals surface area contributed by atoms with Crippen LogP contribution in [0.15, 0.2) is 83.7 Å². The molecule has 1 nitrogen and oxygen atoms in total. The van der Waals surface area contributed by atoms with Crippen LogP contribution < -0.4 is 0 Å². The summed E-state index contributed by atoms with van der Waals surface area (Å²) in [5, 5.41) is 0. The van der Waals surface area contributed by atoms with Crippen molar-refractivity contribution in [2.75, 3.05) is 0 Å². The van der Waals surface area contributed by atoms with Gasteiger partial charge in [-0.2, -0.15) is 22.0 Å². The first-order valence-corrected chi connectivity index (χ1v) is 13.7. The van der Waals surface area contributed by atoms with Crippen LogP contribution >= 0.6 is 0 Å². The Morgan fingerprint density at radius 3 is 2.23 bits per heavy atom. The number of ether oxygens (including phenoxy) is 1. The van der Waals surface area contributed by atoms with E-state index in [-0.39, 0.29) is 11.1 Å². The lowest BCUT2D eigenvalue weighted by molar-refractivity contribution is -0.223. The molecule has 44 heavy (non-hydrogen) atoms. The largest absolute Gasteiger partial charge is 0.429 e. The zero-order valence-corrected chi connectivity index (χ0v) is 23.2. The zero-order chi connectivity index (χ0) is 32.2. The van der Waals surface area contributed by atoms with E-state index in [1.54, 1.807) is 6.07 Å². The fourth-order valence-electron chi connectivity index (χ4n) is 4.86. The quantitative estimate of drug-likeness (QED) is 0.161. The minimum atomic E-state index is -5.20. The molecule has 3 atom stereocenters. The van der Waals surface area contributed by atoms with Crippen LogP contribution in [0.2, 0.25) is 0 Å². The van der Waals surface area contributed by atoms with Crippen molar-refractivity contribution >= 4 is 0 Å². The van der Waals surface area contributed by atoms with Crippen molar-refractivity contribution in [1.82, 2.24) is 0 Å². The van der Waals surface area contributed by atoms with E-state index in [2.05, 4.69) is 23.5 Å². The second-order valence-corrected chi connectivity index (χ2v) is 10.4. The predicted octanol–water partition coefficient (Wildman–Crippen LogP) is 10.2. The Morgan fingerprint density at radius 1 is 0.864 bits per heavy atom. The SMILES string of the molecule is CCCCCc1ccc(C#Cc2ccc(C(F)(F)OC3=CCC(C4=CC(F)C(C(F)(F)F)C(F)=C4)C(F)=C3)c(F)c2)c(F)c1.